The molecule has 0 unspecified atom stereocenters. The molecule has 2 heterocycles. The third-order valence-electron chi connectivity index (χ3n) is 17.3. The highest BCUT2D eigenvalue weighted by Crippen LogP contribution is 2.48. The van der Waals surface area contributed by atoms with E-state index in [0.29, 0.717) is 0 Å². The number of nitrogens with zero attached hydrogens (tertiary/aromatic N) is 2. The fraction of sp³-hybridized carbons (Fsp3) is 0.0244. The van der Waals surface area contributed by atoms with Gasteiger partial charge < -0.3 is 9.80 Å². The van der Waals surface area contributed by atoms with Crippen molar-refractivity contribution in [3.63, 3.8) is 0 Å². The minimum atomic E-state index is 1.09. The van der Waals surface area contributed by atoms with Crippen molar-refractivity contribution in [2.24, 2.45) is 0 Å². The van der Waals surface area contributed by atoms with Gasteiger partial charge >= 0.3 is 0 Å². The van der Waals surface area contributed by atoms with E-state index in [1.165, 1.54) is 118 Å². The number of para-hydroxylation sites is 2. The quantitative estimate of drug-likeness (QED) is 0.127. The highest BCUT2D eigenvalue weighted by atomic mass is 32.1. The molecule has 406 valence electrons. The van der Waals surface area contributed by atoms with Crippen LogP contribution in [0.25, 0.3) is 118 Å². The lowest BCUT2D eigenvalue weighted by atomic mass is 9.94. The summed E-state index contributed by atoms with van der Waals surface area (Å²) >= 11 is 3.72. The van der Waals surface area contributed by atoms with Gasteiger partial charge in [0, 0.05) is 74.2 Å². The smallest absolute Gasteiger partial charge is 0.0540 e. The molecule has 0 amide bonds. The summed E-state index contributed by atoms with van der Waals surface area (Å²) in [5.41, 5.74) is 20.9. The first-order chi connectivity index (χ1) is 42.5. The number of hydrogen-bond donors (Lipinski definition) is 0. The van der Waals surface area contributed by atoms with Crippen LogP contribution in [0.3, 0.4) is 0 Å². The summed E-state index contributed by atoms with van der Waals surface area (Å²) in [7, 11) is 0. The van der Waals surface area contributed by atoms with Gasteiger partial charge in [0.25, 0.3) is 0 Å². The topological polar surface area (TPSA) is 6.48 Å². The molecule has 0 aliphatic carbocycles. The van der Waals surface area contributed by atoms with E-state index in [1.54, 1.807) is 0 Å². The van der Waals surface area contributed by atoms with Crippen molar-refractivity contribution >= 4 is 119 Å². The van der Waals surface area contributed by atoms with E-state index in [9.17, 15) is 0 Å². The second-order valence-corrected chi connectivity index (χ2v) is 24.6. The van der Waals surface area contributed by atoms with Gasteiger partial charge in [0.2, 0.25) is 0 Å². The van der Waals surface area contributed by atoms with Crippen molar-refractivity contribution in [2.75, 3.05) is 9.80 Å². The molecular weight excluding hydrogens is 1080 g/mol. The Labute approximate surface area is 509 Å². The first kappa shape index (κ1) is 51.3. The monoisotopic (exact) mass is 1130 g/mol. The van der Waals surface area contributed by atoms with Crippen molar-refractivity contribution < 1.29 is 0 Å². The van der Waals surface area contributed by atoms with Crippen LogP contribution < -0.4 is 9.80 Å². The Hall–Kier alpha value is -10.4. The van der Waals surface area contributed by atoms with Crippen molar-refractivity contribution in [1.29, 1.82) is 0 Å². The number of fused-ring (bicyclic) bond motifs is 8. The normalized spacial score (nSPS) is 11.6. The lowest BCUT2D eigenvalue weighted by Gasteiger charge is -2.30. The van der Waals surface area contributed by atoms with Crippen LogP contribution in [0.15, 0.2) is 303 Å². The van der Waals surface area contributed by atoms with Gasteiger partial charge in [-0.05, 0) is 188 Å². The number of thiophene rings is 2. The molecule has 0 bridgehead atoms. The lowest BCUT2D eigenvalue weighted by Crippen LogP contribution is -2.13. The fourth-order valence-electron chi connectivity index (χ4n) is 13.1. The number of benzene rings is 14. The molecule has 0 N–H and O–H groups in total. The molecule has 0 aliphatic rings. The Balaban J connectivity index is 0.792. The third-order valence-corrected chi connectivity index (χ3v) is 19.6. The summed E-state index contributed by atoms with van der Waals surface area (Å²) in [6.07, 6.45) is 0. The molecule has 0 radical (unpaired) electrons. The number of aryl methyl sites for hydroxylation is 2. The van der Waals surface area contributed by atoms with Gasteiger partial charge in [-0.15, -0.1) is 22.7 Å². The zero-order valence-electron chi connectivity index (χ0n) is 47.6. The largest absolute Gasteiger partial charge is 0.310 e. The lowest BCUT2D eigenvalue weighted by molar-refractivity contribution is 1.24. The molecule has 16 aromatic rings. The molecule has 2 nitrogen and oxygen atoms in total. The molecule has 0 spiro atoms. The number of hydrogen-bond acceptors (Lipinski definition) is 4. The third kappa shape index (κ3) is 9.01. The summed E-state index contributed by atoms with van der Waals surface area (Å²) < 4.78 is 5.26. The van der Waals surface area contributed by atoms with Gasteiger partial charge in [0.1, 0.15) is 0 Å². The standard InChI is InChI=1S/C82H56N2S2/c1-53-49-59(37-45-75(53)83(77-29-11-7-23-69(77)67-27-15-19-57-17-3-5-21-65(57)67)63-41-33-55(34-42-63)61-39-47-81-73(51-61)71-25-9-13-31-79(71)85-81)60-38-46-76(54(2)50-60)84(78-30-12-8-24-70(78)68-28-16-20-58-18-4-6-22-66(58)68)64-43-35-56(36-44-64)62-40-48-82-74(52-62)72-26-10-14-32-80(72)86-82/h3-52H,1-2H3. The van der Waals surface area contributed by atoms with Gasteiger partial charge in [0.05, 0.1) is 11.4 Å². The highest BCUT2D eigenvalue weighted by molar-refractivity contribution is 7.26. The number of anilines is 6. The Morgan fingerprint density at radius 3 is 0.988 bits per heavy atom. The summed E-state index contributed by atoms with van der Waals surface area (Å²) in [6, 6.07) is 112. The molecule has 0 atom stereocenters. The molecule has 86 heavy (non-hydrogen) atoms. The molecule has 0 saturated heterocycles. The molecule has 4 heteroatoms. The van der Waals surface area contributed by atoms with Gasteiger partial charge in [-0.25, -0.2) is 0 Å². The Morgan fingerprint density at radius 1 is 0.221 bits per heavy atom. The fourth-order valence-corrected chi connectivity index (χ4v) is 15.3. The molecule has 0 fully saturated rings. The van der Waals surface area contributed by atoms with E-state index >= 15 is 0 Å². The molecule has 0 saturated carbocycles. The van der Waals surface area contributed by atoms with Crippen LogP contribution in [-0.2, 0) is 0 Å². The number of rotatable bonds is 11. The van der Waals surface area contributed by atoms with Crippen LogP contribution in [0.2, 0.25) is 0 Å². The first-order valence-corrected chi connectivity index (χ1v) is 31.1. The SMILES string of the molecule is Cc1cc(-c2ccc(N(c3ccc(-c4ccc5sc6ccccc6c5c4)cc3)c3ccccc3-c3cccc4ccccc34)c(C)c2)ccc1N(c1ccc(-c2ccc3sc4ccccc4c3c2)cc1)c1ccccc1-c1cccc2ccccc12. The molecular formula is C82H56N2S2. The minimum Gasteiger partial charge on any atom is -0.310 e. The Bertz CT molecular complexity index is 4940. The first-order valence-electron chi connectivity index (χ1n) is 29.5. The predicted octanol–water partition coefficient (Wildman–Crippen LogP) is 24.6. The highest BCUT2D eigenvalue weighted by Gasteiger charge is 2.23. The zero-order valence-corrected chi connectivity index (χ0v) is 49.2. The predicted molar refractivity (Wildman–Crippen MR) is 373 cm³/mol. The van der Waals surface area contributed by atoms with Crippen LogP contribution >= 0.6 is 22.7 Å². The summed E-state index contributed by atoms with van der Waals surface area (Å²) in [6.45, 7) is 4.53. The summed E-state index contributed by atoms with van der Waals surface area (Å²) in [4.78, 5) is 4.92. The van der Waals surface area contributed by atoms with Gasteiger partial charge in [-0.2, -0.15) is 0 Å². The Morgan fingerprint density at radius 2 is 0.547 bits per heavy atom. The zero-order chi connectivity index (χ0) is 57.2. The van der Waals surface area contributed by atoms with E-state index in [-0.39, 0.29) is 0 Å². The van der Waals surface area contributed by atoms with E-state index in [4.69, 9.17) is 0 Å². The average Bonchev–Trinajstić information content (AvgIpc) is 1.76. The van der Waals surface area contributed by atoms with Crippen molar-refractivity contribution in [2.45, 2.75) is 13.8 Å². The van der Waals surface area contributed by atoms with Gasteiger partial charge in [0.15, 0.2) is 0 Å². The maximum Gasteiger partial charge on any atom is 0.0540 e. The van der Waals surface area contributed by atoms with Gasteiger partial charge in [-0.3, -0.25) is 0 Å². The van der Waals surface area contributed by atoms with Crippen LogP contribution in [0.5, 0.6) is 0 Å². The maximum atomic E-state index is 2.46. The Kier molecular flexibility index (Phi) is 12.7. The van der Waals surface area contributed by atoms with E-state index in [2.05, 4.69) is 327 Å². The van der Waals surface area contributed by atoms with Crippen LogP contribution in [0.4, 0.5) is 34.1 Å². The van der Waals surface area contributed by atoms with Gasteiger partial charge in [-0.1, -0.05) is 206 Å². The maximum absolute atomic E-state index is 2.46. The molecule has 16 rings (SSSR count). The van der Waals surface area contributed by atoms with Crippen molar-refractivity contribution in [3.05, 3.63) is 314 Å². The molecule has 14 aromatic carbocycles. The molecule has 2 aromatic heterocycles. The van der Waals surface area contributed by atoms with E-state index < -0.39 is 0 Å². The van der Waals surface area contributed by atoms with E-state index in [0.717, 1.165) is 45.3 Å². The van der Waals surface area contributed by atoms with E-state index in [1.807, 2.05) is 22.7 Å². The summed E-state index contributed by atoms with van der Waals surface area (Å²) in [5, 5.41) is 10.1. The van der Waals surface area contributed by atoms with Crippen LogP contribution in [0.1, 0.15) is 11.1 Å². The average molecular weight is 1130 g/mol. The van der Waals surface area contributed by atoms with Crippen molar-refractivity contribution in [1.82, 2.24) is 0 Å². The summed E-state index contributed by atoms with van der Waals surface area (Å²) in [5.74, 6) is 0. The van der Waals surface area contributed by atoms with Crippen LogP contribution in [-0.4, -0.2) is 0 Å². The second kappa shape index (κ2) is 21.4. The minimum absolute atomic E-state index is 1.09. The van der Waals surface area contributed by atoms with Crippen molar-refractivity contribution in [3.8, 4) is 55.6 Å². The van der Waals surface area contributed by atoms with Crippen LogP contribution in [0, 0.1) is 13.8 Å². The molecule has 0 aliphatic heterocycles. The second-order valence-electron chi connectivity index (χ2n) is 22.5.